The zero-order valence-electron chi connectivity index (χ0n) is 8.51. The highest BCUT2D eigenvalue weighted by molar-refractivity contribution is 5.30. The number of halogens is 4. The Kier molecular flexibility index (Phi) is 3.74. The zero-order chi connectivity index (χ0) is 12.3. The number of alkyl halides is 3. The fourth-order valence-corrected chi connectivity index (χ4v) is 1.11. The Morgan fingerprint density at radius 2 is 2.00 bits per heavy atom. The van der Waals surface area contributed by atoms with Crippen molar-refractivity contribution in [2.75, 3.05) is 6.54 Å². The lowest BCUT2D eigenvalue weighted by Gasteiger charge is -2.20. The maximum atomic E-state index is 13.4. The molecule has 1 aromatic carbocycles. The van der Waals surface area contributed by atoms with Crippen LogP contribution in [-0.2, 0) is 0 Å². The summed E-state index contributed by atoms with van der Waals surface area (Å²) in [6, 6.07) is 3.99. The molecule has 16 heavy (non-hydrogen) atoms. The van der Waals surface area contributed by atoms with Crippen LogP contribution in [0.15, 0.2) is 18.2 Å². The standard InChI is InChI=1S/C10H11F4NO/c1-6-3-2-4-7(9(6)11)16-8(5-15)10(12,13)14/h2-4,8H,5,15H2,1H3. The van der Waals surface area contributed by atoms with Gasteiger partial charge in [-0.2, -0.15) is 13.2 Å². The van der Waals surface area contributed by atoms with Crippen LogP contribution in [0.4, 0.5) is 17.6 Å². The van der Waals surface area contributed by atoms with E-state index in [-0.39, 0.29) is 5.56 Å². The number of nitrogens with two attached hydrogens (primary N) is 1. The molecule has 2 N–H and O–H groups in total. The lowest BCUT2D eigenvalue weighted by atomic mass is 10.2. The van der Waals surface area contributed by atoms with Gasteiger partial charge in [0.1, 0.15) is 0 Å². The van der Waals surface area contributed by atoms with E-state index in [1.54, 1.807) is 0 Å². The third-order valence-corrected chi connectivity index (χ3v) is 2.00. The maximum Gasteiger partial charge on any atom is 0.426 e. The van der Waals surface area contributed by atoms with Crippen molar-refractivity contribution in [3.8, 4) is 5.75 Å². The van der Waals surface area contributed by atoms with Gasteiger partial charge in [-0.15, -0.1) is 0 Å². The lowest BCUT2D eigenvalue weighted by Crippen LogP contribution is -2.40. The van der Waals surface area contributed by atoms with Crippen molar-refractivity contribution in [3.05, 3.63) is 29.6 Å². The summed E-state index contributed by atoms with van der Waals surface area (Å²) in [5.74, 6) is -1.24. The number of hydrogen-bond donors (Lipinski definition) is 1. The minimum absolute atomic E-state index is 0.218. The molecule has 0 amide bonds. The summed E-state index contributed by atoms with van der Waals surface area (Å²) in [7, 11) is 0. The van der Waals surface area contributed by atoms with E-state index in [0.717, 1.165) is 6.07 Å². The molecule has 0 aliphatic heterocycles. The van der Waals surface area contributed by atoms with Crippen LogP contribution in [0.2, 0.25) is 0 Å². The van der Waals surface area contributed by atoms with Gasteiger partial charge in [-0.25, -0.2) is 4.39 Å². The number of rotatable bonds is 3. The van der Waals surface area contributed by atoms with Crippen LogP contribution in [0.25, 0.3) is 0 Å². The summed E-state index contributed by atoms with van der Waals surface area (Å²) >= 11 is 0. The van der Waals surface area contributed by atoms with Crippen molar-refractivity contribution in [2.45, 2.75) is 19.2 Å². The Hall–Kier alpha value is -1.30. The molecule has 90 valence electrons. The number of aryl methyl sites for hydroxylation is 1. The van der Waals surface area contributed by atoms with Gasteiger partial charge in [0.05, 0.1) is 0 Å². The van der Waals surface area contributed by atoms with E-state index < -0.39 is 30.4 Å². The van der Waals surface area contributed by atoms with Crippen molar-refractivity contribution in [2.24, 2.45) is 5.73 Å². The van der Waals surface area contributed by atoms with Crippen molar-refractivity contribution >= 4 is 0 Å². The number of ether oxygens (including phenoxy) is 1. The van der Waals surface area contributed by atoms with Gasteiger partial charge in [-0.1, -0.05) is 12.1 Å². The molecule has 0 spiro atoms. The minimum Gasteiger partial charge on any atom is -0.477 e. The van der Waals surface area contributed by atoms with E-state index >= 15 is 0 Å². The normalized spacial score (nSPS) is 13.6. The Morgan fingerprint density at radius 1 is 1.38 bits per heavy atom. The van der Waals surface area contributed by atoms with Crippen LogP contribution < -0.4 is 10.5 Å². The topological polar surface area (TPSA) is 35.2 Å². The third kappa shape index (κ3) is 2.85. The van der Waals surface area contributed by atoms with Gasteiger partial charge in [0.15, 0.2) is 11.6 Å². The van der Waals surface area contributed by atoms with Crippen LogP contribution in [0, 0.1) is 12.7 Å². The Balaban J connectivity index is 2.91. The lowest BCUT2D eigenvalue weighted by molar-refractivity contribution is -0.192. The Labute approximate surface area is 90.0 Å². The van der Waals surface area contributed by atoms with E-state index in [1.807, 2.05) is 0 Å². The summed E-state index contributed by atoms with van der Waals surface area (Å²) in [6.45, 7) is 0.685. The van der Waals surface area contributed by atoms with E-state index in [4.69, 9.17) is 5.73 Å². The van der Waals surface area contributed by atoms with Gasteiger partial charge in [-0.3, -0.25) is 0 Å². The average molecular weight is 237 g/mol. The molecule has 0 heterocycles. The first kappa shape index (κ1) is 12.8. The quantitative estimate of drug-likeness (QED) is 0.819. The molecule has 0 saturated carbocycles. The third-order valence-electron chi connectivity index (χ3n) is 2.00. The molecule has 1 atom stereocenters. The molecule has 1 aromatic rings. The fraction of sp³-hybridized carbons (Fsp3) is 0.400. The molecule has 6 heteroatoms. The molecule has 0 aliphatic rings. The molecule has 0 bridgehead atoms. The smallest absolute Gasteiger partial charge is 0.426 e. The van der Waals surface area contributed by atoms with Crippen molar-refractivity contribution in [1.29, 1.82) is 0 Å². The van der Waals surface area contributed by atoms with Gasteiger partial charge in [0.2, 0.25) is 6.10 Å². The predicted octanol–water partition coefficient (Wildman–Crippen LogP) is 2.40. The summed E-state index contributed by atoms with van der Waals surface area (Å²) in [4.78, 5) is 0. The second-order valence-corrected chi connectivity index (χ2v) is 3.27. The monoisotopic (exact) mass is 237 g/mol. The van der Waals surface area contributed by atoms with E-state index in [0.29, 0.717) is 0 Å². The van der Waals surface area contributed by atoms with Crippen LogP contribution in [0.5, 0.6) is 5.75 Å². The highest BCUT2D eigenvalue weighted by atomic mass is 19.4. The molecule has 1 rings (SSSR count). The van der Waals surface area contributed by atoms with Crippen LogP contribution in [-0.4, -0.2) is 18.8 Å². The minimum atomic E-state index is -4.61. The first-order chi connectivity index (χ1) is 7.36. The van der Waals surface area contributed by atoms with Gasteiger partial charge < -0.3 is 10.5 Å². The molecular formula is C10H11F4NO. The van der Waals surface area contributed by atoms with E-state index in [1.165, 1.54) is 19.1 Å². The number of benzene rings is 1. The summed E-state index contributed by atoms with van der Waals surface area (Å²) in [5.41, 5.74) is 5.15. The molecule has 0 radical (unpaired) electrons. The van der Waals surface area contributed by atoms with Gasteiger partial charge in [0, 0.05) is 6.54 Å². The molecule has 1 unspecified atom stereocenters. The zero-order valence-corrected chi connectivity index (χ0v) is 8.51. The maximum absolute atomic E-state index is 13.4. The fourth-order valence-electron chi connectivity index (χ4n) is 1.11. The molecule has 0 saturated heterocycles. The van der Waals surface area contributed by atoms with Crippen LogP contribution in [0.3, 0.4) is 0 Å². The van der Waals surface area contributed by atoms with Gasteiger partial charge in [0.25, 0.3) is 0 Å². The Bertz CT molecular complexity index is 364. The first-order valence-electron chi connectivity index (χ1n) is 4.54. The highest BCUT2D eigenvalue weighted by Gasteiger charge is 2.41. The highest BCUT2D eigenvalue weighted by Crippen LogP contribution is 2.27. The average Bonchev–Trinajstić information content (AvgIpc) is 2.18. The second kappa shape index (κ2) is 4.69. The second-order valence-electron chi connectivity index (χ2n) is 3.27. The summed E-state index contributed by atoms with van der Waals surface area (Å²) < 4.78 is 54.8. The van der Waals surface area contributed by atoms with Crippen molar-refractivity contribution < 1.29 is 22.3 Å². The number of hydrogen-bond acceptors (Lipinski definition) is 2. The van der Waals surface area contributed by atoms with Crippen LogP contribution >= 0.6 is 0 Å². The van der Waals surface area contributed by atoms with Crippen LogP contribution in [0.1, 0.15) is 5.56 Å². The summed E-state index contributed by atoms with van der Waals surface area (Å²) in [5, 5.41) is 0. The molecule has 0 fully saturated rings. The predicted molar refractivity (Wildman–Crippen MR) is 50.7 cm³/mol. The van der Waals surface area contributed by atoms with Gasteiger partial charge >= 0.3 is 6.18 Å². The molecular weight excluding hydrogens is 226 g/mol. The SMILES string of the molecule is Cc1cccc(OC(CN)C(F)(F)F)c1F. The van der Waals surface area contributed by atoms with Gasteiger partial charge in [-0.05, 0) is 18.6 Å². The molecule has 0 aliphatic carbocycles. The van der Waals surface area contributed by atoms with E-state index in [9.17, 15) is 17.6 Å². The van der Waals surface area contributed by atoms with E-state index in [2.05, 4.69) is 4.74 Å². The summed E-state index contributed by atoms with van der Waals surface area (Å²) in [6.07, 6.45) is -6.80. The molecule has 2 nitrogen and oxygen atoms in total. The Morgan fingerprint density at radius 3 is 2.50 bits per heavy atom. The first-order valence-corrected chi connectivity index (χ1v) is 4.54. The van der Waals surface area contributed by atoms with Crippen molar-refractivity contribution in [3.63, 3.8) is 0 Å². The molecule has 0 aromatic heterocycles. The van der Waals surface area contributed by atoms with Crippen molar-refractivity contribution in [1.82, 2.24) is 0 Å². The largest absolute Gasteiger partial charge is 0.477 e.